The summed E-state index contributed by atoms with van der Waals surface area (Å²) in [6.45, 7) is 0. The number of aromatic nitrogens is 3. The molecule has 0 atom stereocenters. The number of hydrogen-bond acceptors (Lipinski definition) is 5. The maximum atomic E-state index is 12.9. The fourth-order valence-electron chi connectivity index (χ4n) is 2.96. The Labute approximate surface area is 184 Å². The minimum absolute atomic E-state index is 0.0276. The highest BCUT2D eigenvalue weighted by molar-refractivity contribution is 6.03. The lowest BCUT2D eigenvalue weighted by molar-refractivity contribution is -0.137. The van der Waals surface area contributed by atoms with Crippen molar-refractivity contribution < 1.29 is 27.5 Å². The Hall–Kier alpha value is -4.41. The van der Waals surface area contributed by atoms with E-state index in [4.69, 9.17) is 4.74 Å². The van der Waals surface area contributed by atoms with Gasteiger partial charge in [0.25, 0.3) is 11.8 Å². The SMILES string of the molecule is CNC(=O)c1ccc(Oc2cccc(NC(=O)c3nc4cc(C(F)(F)F)ccc4[nH]3)c2)cn1. The smallest absolute Gasteiger partial charge is 0.416 e. The van der Waals surface area contributed by atoms with Gasteiger partial charge in [-0.1, -0.05) is 6.07 Å². The van der Waals surface area contributed by atoms with Gasteiger partial charge in [-0.25, -0.2) is 9.97 Å². The molecule has 0 spiro atoms. The number of nitrogens with one attached hydrogen (secondary N) is 3. The molecule has 0 aliphatic carbocycles. The minimum Gasteiger partial charge on any atom is -0.456 e. The first-order valence-electron chi connectivity index (χ1n) is 9.57. The van der Waals surface area contributed by atoms with E-state index in [9.17, 15) is 22.8 Å². The van der Waals surface area contributed by atoms with Gasteiger partial charge >= 0.3 is 6.18 Å². The van der Waals surface area contributed by atoms with E-state index in [1.165, 1.54) is 25.4 Å². The molecular weight excluding hydrogens is 439 g/mol. The zero-order chi connectivity index (χ0) is 23.6. The maximum absolute atomic E-state index is 12.9. The number of carbonyl (C=O) groups excluding carboxylic acids is 2. The van der Waals surface area contributed by atoms with E-state index in [2.05, 4.69) is 25.6 Å². The highest BCUT2D eigenvalue weighted by Crippen LogP contribution is 2.31. The van der Waals surface area contributed by atoms with E-state index in [0.29, 0.717) is 22.7 Å². The first kappa shape index (κ1) is 21.8. The normalized spacial score (nSPS) is 11.3. The average molecular weight is 455 g/mol. The van der Waals surface area contributed by atoms with Gasteiger partial charge in [-0.15, -0.1) is 0 Å². The van der Waals surface area contributed by atoms with Crippen LogP contribution in [0.2, 0.25) is 0 Å². The van der Waals surface area contributed by atoms with Gasteiger partial charge in [-0.05, 0) is 42.5 Å². The predicted molar refractivity (Wildman–Crippen MR) is 113 cm³/mol. The lowest BCUT2D eigenvalue weighted by Crippen LogP contribution is -2.18. The number of halogens is 3. The summed E-state index contributed by atoms with van der Waals surface area (Å²) in [7, 11) is 1.50. The third-order valence-electron chi connectivity index (χ3n) is 4.55. The van der Waals surface area contributed by atoms with Gasteiger partial charge in [-0.2, -0.15) is 13.2 Å². The topological polar surface area (TPSA) is 109 Å². The lowest BCUT2D eigenvalue weighted by atomic mass is 10.2. The van der Waals surface area contributed by atoms with E-state index < -0.39 is 17.6 Å². The van der Waals surface area contributed by atoms with Crippen LogP contribution in [0, 0.1) is 0 Å². The van der Waals surface area contributed by atoms with Crippen molar-refractivity contribution in [3.63, 3.8) is 0 Å². The second-order valence-corrected chi connectivity index (χ2v) is 6.86. The van der Waals surface area contributed by atoms with Crippen LogP contribution in [0.1, 0.15) is 26.7 Å². The van der Waals surface area contributed by atoms with Crippen molar-refractivity contribution in [3.8, 4) is 11.5 Å². The van der Waals surface area contributed by atoms with Gasteiger partial charge in [0.1, 0.15) is 17.2 Å². The maximum Gasteiger partial charge on any atom is 0.416 e. The number of rotatable bonds is 5. The molecule has 168 valence electrons. The number of benzene rings is 2. The molecule has 0 aliphatic rings. The molecule has 2 amide bonds. The Balaban J connectivity index is 1.48. The van der Waals surface area contributed by atoms with Crippen molar-refractivity contribution in [1.29, 1.82) is 0 Å². The third kappa shape index (κ3) is 4.92. The molecule has 0 bridgehead atoms. The van der Waals surface area contributed by atoms with Crippen LogP contribution in [0.3, 0.4) is 0 Å². The van der Waals surface area contributed by atoms with E-state index in [0.717, 1.165) is 12.1 Å². The Morgan fingerprint density at radius 3 is 2.52 bits per heavy atom. The summed E-state index contributed by atoms with van der Waals surface area (Å²) in [6, 6.07) is 12.6. The molecule has 0 aliphatic heterocycles. The molecule has 0 unspecified atom stereocenters. The van der Waals surface area contributed by atoms with E-state index in [1.807, 2.05) is 0 Å². The zero-order valence-electron chi connectivity index (χ0n) is 17.0. The molecule has 0 saturated carbocycles. The number of pyridine rings is 1. The van der Waals surface area contributed by atoms with E-state index in [-0.39, 0.29) is 22.9 Å². The van der Waals surface area contributed by atoms with Crippen LogP contribution >= 0.6 is 0 Å². The molecule has 4 aromatic rings. The highest BCUT2D eigenvalue weighted by atomic mass is 19.4. The Morgan fingerprint density at radius 1 is 1.00 bits per heavy atom. The number of carbonyl (C=O) groups is 2. The molecule has 8 nitrogen and oxygen atoms in total. The second kappa shape index (κ2) is 8.61. The molecule has 33 heavy (non-hydrogen) atoms. The van der Waals surface area contributed by atoms with Crippen LogP contribution in [-0.2, 0) is 6.18 Å². The summed E-state index contributed by atoms with van der Waals surface area (Å²) in [5.41, 5.74) is 0.0942. The van der Waals surface area contributed by atoms with Crippen LogP contribution in [0.5, 0.6) is 11.5 Å². The van der Waals surface area contributed by atoms with Crippen LogP contribution in [0.25, 0.3) is 11.0 Å². The summed E-state index contributed by atoms with van der Waals surface area (Å²) in [6.07, 6.45) is -3.12. The molecule has 0 saturated heterocycles. The standard InChI is InChI=1S/C22H16F3N5O3/c1-26-20(31)17-8-6-15(11-27-17)33-14-4-2-3-13(10-14)28-21(32)19-29-16-7-5-12(22(23,24)25)9-18(16)30-19/h2-11H,1H3,(H,26,31)(H,28,32)(H,29,30). The summed E-state index contributed by atoms with van der Waals surface area (Å²) in [5.74, 6) is -0.324. The molecule has 11 heteroatoms. The Morgan fingerprint density at radius 2 is 1.82 bits per heavy atom. The molecular formula is C22H16F3N5O3. The highest BCUT2D eigenvalue weighted by Gasteiger charge is 2.31. The van der Waals surface area contributed by atoms with E-state index in [1.54, 1.807) is 30.3 Å². The van der Waals surface area contributed by atoms with Gasteiger partial charge < -0.3 is 20.4 Å². The average Bonchev–Trinajstić information content (AvgIpc) is 3.22. The van der Waals surface area contributed by atoms with E-state index >= 15 is 0 Å². The molecule has 2 heterocycles. The quantitative estimate of drug-likeness (QED) is 0.414. The second-order valence-electron chi connectivity index (χ2n) is 6.86. The number of anilines is 1. The molecule has 2 aromatic heterocycles. The van der Waals surface area contributed by atoms with Gasteiger partial charge in [0.2, 0.25) is 0 Å². The summed E-state index contributed by atoms with van der Waals surface area (Å²) in [5, 5.41) is 5.09. The van der Waals surface area contributed by atoms with Crippen molar-refractivity contribution in [2.45, 2.75) is 6.18 Å². The number of amides is 2. The summed E-state index contributed by atoms with van der Waals surface area (Å²) < 4.78 is 44.3. The lowest BCUT2D eigenvalue weighted by Gasteiger charge is -2.08. The molecule has 3 N–H and O–H groups in total. The fraction of sp³-hybridized carbons (Fsp3) is 0.0909. The molecule has 4 rings (SSSR count). The number of H-pyrrole nitrogens is 1. The van der Waals surface area contributed by atoms with Crippen molar-refractivity contribution in [3.05, 3.63) is 77.9 Å². The van der Waals surface area contributed by atoms with Gasteiger partial charge in [0.05, 0.1) is 22.8 Å². The molecule has 2 aromatic carbocycles. The van der Waals surface area contributed by atoms with Crippen molar-refractivity contribution in [2.75, 3.05) is 12.4 Å². The van der Waals surface area contributed by atoms with Crippen molar-refractivity contribution >= 4 is 28.5 Å². The van der Waals surface area contributed by atoms with Crippen LogP contribution < -0.4 is 15.4 Å². The van der Waals surface area contributed by atoms with Gasteiger partial charge in [0.15, 0.2) is 5.82 Å². The number of nitrogens with zero attached hydrogens (tertiary/aromatic N) is 2. The first-order valence-corrected chi connectivity index (χ1v) is 9.57. The number of hydrogen-bond donors (Lipinski definition) is 3. The monoisotopic (exact) mass is 455 g/mol. The van der Waals surface area contributed by atoms with Crippen LogP contribution in [0.15, 0.2) is 60.8 Å². The number of fused-ring (bicyclic) bond motifs is 1. The number of alkyl halides is 3. The first-order chi connectivity index (χ1) is 15.7. The third-order valence-corrected chi connectivity index (χ3v) is 4.55. The zero-order valence-corrected chi connectivity index (χ0v) is 17.0. The number of ether oxygens (including phenoxy) is 1. The number of imidazole rings is 1. The van der Waals surface area contributed by atoms with Gasteiger partial charge in [0, 0.05) is 18.8 Å². The summed E-state index contributed by atoms with van der Waals surface area (Å²) in [4.78, 5) is 34.8. The number of aromatic amines is 1. The van der Waals surface area contributed by atoms with Crippen LogP contribution in [0.4, 0.5) is 18.9 Å². The fourth-order valence-corrected chi connectivity index (χ4v) is 2.96. The van der Waals surface area contributed by atoms with Crippen LogP contribution in [-0.4, -0.2) is 33.8 Å². The van der Waals surface area contributed by atoms with Crippen molar-refractivity contribution in [1.82, 2.24) is 20.3 Å². The predicted octanol–water partition coefficient (Wildman–Crippen LogP) is 4.38. The Kier molecular flexibility index (Phi) is 5.69. The largest absolute Gasteiger partial charge is 0.456 e. The van der Waals surface area contributed by atoms with Gasteiger partial charge in [-0.3, -0.25) is 9.59 Å². The Bertz CT molecular complexity index is 1330. The molecule has 0 fully saturated rings. The summed E-state index contributed by atoms with van der Waals surface area (Å²) >= 11 is 0. The van der Waals surface area contributed by atoms with Crippen molar-refractivity contribution in [2.24, 2.45) is 0 Å². The minimum atomic E-state index is -4.51. The molecule has 0 radical (unpaired) electrons.